The topological polar surface area (TPSA) is 54.5 Å². The Labute approximate surface area is 166 Å². The van der Waals surface area contributed by atoms with E-state index >= 15 is 0 Å². The van der Waals surface area contributed by atoms with Gasteiger partial charge >= 0.3 is 6.18 Å². The number of ether oxygens (including phenoxy) is 1. The van der Waals surface area contributed by atoms with Crippen molar-refractivity contribution in [3.63, 3.8) is 0 Å². The second-order valence-corrected chi connectivity index (χ2v) is 7.03. The fraction of sp³-hybridized carbons (Fsp3) is 0.333. The molecule has 0 atom stereocenters. The number of hydrogen-bond acceptors (Lipinski definition) is 5. The van der Waals surface area contributed by atoms with Crippen LogP contribution in [0.5, 0.6) is 5.75 Å². The van der Waals surface area contributed by atoms with E-state index < -0.39 is 11.7 Å². The Bertz CT molecular complexity index is 980. The number of hydrogen-bond donors (Lipinski definition) is 1. The highest BCUT2D eigenvalue weighted by Crippen LogP contribution is 2.39. The van der Waals surface area contributed by atoms with Gasteiger partial charge in [-0.2, -0.15) is 13.2 Å². The van der Waals surface area contributed by atoms with Crippen LogP contribution in [0.1, 0.15) is 27.2 Å². The normalized spacial score (nSPS) is 18.3. The lowest BCUT2D eigenvalue weighted by atomic mass is 10.1. The molecule has 1 fully saturated rings. The van der Waals surface area contributed by atoms with Crippen molar-refractivity contribution in [1.29, 1.82) is 0 Å². The highest BCUT2D eigenvalue weighted by molar-refractivity contribution is 6.16. The van der Waals surface area contributed by atoms with E-state index in [0.717, 1.165) is 43.5 Å². The minimum Gasteiger partial charge on any atom is -0.495 e. The van der Waals surface area contributed by atoms with Crippen molar-refractivity contribution in [2.45, 2.75) is 12.6 Å². The molecule has 1 aromatic carbocycles. The van der Waals surface area contributed by atoms with Crippen LogP contribution in [0.3, 0.4) is 0 Å². The van der Waals surface area contributed by atoms with Gasteiger partial charge in [0.15, 0.2) is 5.78 Å². The number of carbonyl (C=O) groups is 1. The van der Waals surface area contributed by atoms with E-state index in [1.165, 1.54) is 18.3 Å². The van der Waals surface area contributed by atoms with Crippen LogP contribution in [0.4, 0.5) is 18.9 Å². The van der Waals surface area contributed by atoms with Gasteiger partial charge < -0.3 is 15.0 Å². The number of methoxy groups -OCH3 is 1. The van der Waals surface area contributed by atoms with Gasteiger partial charge in [-0.3, -0.25) is 9.78 Å². The Balaban J connectivity index is 1.71. The number of benzene rings is 1. The summed E-state index contributed by atoms with van der Waals surface area (Å²) in [7, 11) is 1.55. The second kappa shape index (κ2) is 7.51. The number of fused-ring (bicyclic) bond motifs is 1. The molecule has 0 unspecified atom stereocenters. The minimum atomic E-state index is -4.53. The van der Waals surface area contributed by atoms with Crippen molar-refractivity contribution < 1.29 is 22.7 Å². The van der Waals surface area contributed by atoms with Gasteiger partial charge in [0.1, 0.15) is 5.75 Å². The van der Waals surface area contributed by atoms with Gasteiger partial charge in [0.2, 0.25) is 0 Å². The molecule has 2 heterocycles. The quantitative estimate of drug-likeness (QED) is 0.797. The van der Waals surface area contributed by atoms with Crippen LogP contribution in [0.25, 0.3) is 6.08 Å². The van der Waals surface area contributed by atoms with E-state index in [2.05, 4.69) is 15.2 Å². The number of halogens is 3. The van der Waals surface area contributed by atoms with Crippen LogP contribution in [-0.2, 0) is 12.6 Å². The Morgan fingerprint density at radius 3 is 2.69 bits per heavy atom. The average molecular weight is 403 g/mol. The number of pyridine rings is 1. The van der Waals surface area contributed by atoms with E-state index in [9.17, 15) is 18.0 Å². The second-order valence-electron chi connectivity index (χ2n) is 7.03. The fourth-order valence-electron chi connectivity index (χ4n) is 3.80. The van der Waals surface area contributed by atoms with E-state index in [4.69, 9.17) is 4.74 Å². The SMILES string of the molecule is COc1cc2c(cc1N1CCNCC1)CC(=Cc1ncccc1C(F)(F)F)C2=O. The van der Waals surface area contributed by atoms with Gasteiger partial charge in [-0.15, -0.1) is 0 Å². The van der Waals surface area contributed by atoms with Crippen LogP contribution in [0, 0.1) is 0 Å². The largest absolute Gasteiger partial charge is 0.495 e. The molecule has 0 spiro atoms. The minimum absolute atomic E-state index is 0.245. The number of carbonyl (C=O) groups excluding carboxylic acids is 1. The Hall–Kier alpha value is -2.87. The third-order valence-corrected chi connectivity index (χ3v) is 5.23. The van der Waals surface area contributed by atoms with Crippen molar-refractivity contribution in [2.24, 2.45) is 0 Å². The molecule has 1 aliphatic heterocycles. The van der Waals surface area contributed by atoms with Crippen LogP contribution in [0.15, 0.2) is 36.0 Å². The third-order valence-electron chi connectivity index (χ3n) is 5.23. The number of aromatic nitrogens is 1. The predicted molar refractivity (Wildman–Crippen MR) is 103 cm³/mol. The summed E-state index contributed by atoms with van der Waals surface area (Å²) in [4.78, 5) is 18.9. The summed E-state index contributed by atoms with van der Waals surface area (Å²) in [5.74, 6) is 0.304. The molecule has 2 aromatic rings. The summed E-state index contributed by atoms with van der Waals surface area (Å²) in [5, 5.41) is 3.29. The lowest BCUT2D eigenvalue weighted by molar-refractivity contribution is -0.138. The molecule has 0 amide bonds. The van der Waals surface area contributed by atoms with Crippen LogP contribution in [0.2, 0.25) is 0 Å². The molecular weight excluding hydrogens is 383 g/mol. The number of rotatable bonds is 3. The highest BCUT2D eigenvalue weighted by Gasteiger charge is 2.34. The molecule has 1 N–H and O–H groups in total. The molecule has 1 saturated heterocycles. The number of Topliss-reactive ketones (excluding diaryl/α,β-unsaturated/α-hetero) is 1. The standard InChI is InChI=1S/C21H20F3N3O2/c1-29-19-12-15-13(11-18(19)27-7-5-25-6-8-27)9-14(20(15)28)10-17-16(21(22,23)24)3-2-4-26-17/h2-4,10-12,25H,5-9H2,1H3. The zero-order chi connectivity index (χ0) is 20.6. The third kappa shape index (κ3) is 3.72. The first-order valence-corrected chi connectivity index (χ1v) is 9.32. The zero-order valence-electron chi connectivity index (χ0n) is 15.8. The van der Waals surface area contributed by atoms with Crippen LogP contribution >= 0.6 is 0 Å². The first-order valence-electron chi connectivity index (χ1n) is 9.32. The maximum atomic E-state index is 13.3. The molecule has 8 heteroatoms. The molecule has 1 aliphatic carbocycles. The first kappa shape index (κ1) is 19.4. The number of nitrogens with one attached hydrogen (secondary N) is 1. The molecule has 0 radical (unpaired) electrons. The summed E-state index contributed by atoms with van der Waals surface area (Å²) in [6, 6.07) is 5.82. The molecule has 4 rings (SSSR count). The van der Waals surface area contributed by atoms with Crippen LogP contribution < -0.4 is 15.0 Å². The molecule has 1 aromatic heterocycles. The molecular formula is C21H20F3N3O2. The average Bonchev–Trinajstić information content (AvgIpc) is 3.02. The van der Waals surface area contributed by atoms with E-state index in [-0.39, 0.29) is 17.9 Å². The van der Waals surface area contributed by atoms with Crippen molar-refractivity contribution >= 4 is 17.5 Å². The number of allylic oxidation sites excluding steroid dienone is 1. The number of anilines is 1. The van der Waals surface area contributed by atoms with E-state index in [1.807, 2.05) is 6.07 Å². The smallest absolute Gasteiger partial charge is 0.418 e. The Morgan fingerprint density at radius 1 is 1.24 bits per heavy atom. The monoisotopic (exact) mass is 403 g/mol. The molecule has 2 aliphatic rings. The summed E-state index contributed by atoms with van der Waals surface area (Å²) < 4.78 is 45.3. The van der Waals surface area contributed by atoms with Crippen molar-refractivity contribution in [3.8, 4) is 5.75 Å². The Kier molecular flexibility index (Phi) is 5.04. The predicted octanol–water partition coefficient (Wildman–Crippen LogP) is 3.34. The Morgan fingerprint density at radius 2 is 2.00 bits per heavy atom. The van der Waals surface area contributed by atoms with Gasteiger partial charge in [0.05, 0.1) is 24.1 Å². The number of ketones is 1. The van der Waals surface area contributed by atoms with Gasteiger partial charge in [0.25, 0.3) is 0 Å². The summed E-state index contributed by atoms with van der Waals surface area (Å²) in [6.45, 7) is 3.33. The molecule has 5 nitrogen and oxygen atoms in total. The summed E-state index contributed by atoms with van der Waals surface area (Å²) >= 11 is 0. The molecule has 0 bridgehead atoms. The van der Waals surface area contributed by atoms with E-state index in [1.54, 1.807) is 13.2 Å². The van der Waals surface area contributed by atoms with Crippen molar-refractivity contribution in [3.05, 3.63) is 58.4 Å². The first-order chi connectivity index (χ1) is 13.9. The van der Waals surface area contributed by atoms with Gasteiger partial charge in [0, 0.05) is 49.9 Å². The number of alkyl halides is 3. The molecule has 0 saturated carbocycles. The van der Waals surface area contributed by atoms with Crippen LogP contribution in [-0.4, -0.2) is 44.1 Å². The zero-order valence-corrected chi connectivity index (χ0v) is 15.8. The summed E-state index contributed by atoms with van der Waals surface area (Å²) in [5.41, 5.74) is 1.36. The highest BCUT2D eigenvalue weighted by atomic mass is 19.4. The lowest BCUT2D eigenvalue weighted by Gasteiger charge is -2.31. The maximum Gasteiger partial charge on any atom is 0.418 e. The number of nitrogens with zero attached hydrogens (tertiary/aromatic N) is 2. The van der Waals surface area contributed by atoms with Crippen molar-refractivity contribution in [2.75, 3.05) is 38.2 Å². The number of piperazine rings is 1. The lowest BCUT2D eigenvalue weighted by Crippen LogP contribution is -2.43. The van der Waals surface area contributed by atoms with Gasteiger partial charge in [-0.05, 0) is 35.9 Å². The molecule has 152 valence electrons. The van der Waals surface area contributed by atoms with Gasteiger partial charge in [-0.1, -0.05) is 0 Å². The van der Waals surface area contributed by atoms with Crippen molar-refractivity contribution in [1.82, 2.24) is 10.3 Å². The van der Waals surface area contributed by atoms with Gasteiger partial charge in [-0.25, -0.2) is 0 Å². The molecule has 29 heavy (non-hydrogen) atoms. The van der Waals surface area contributed by atoms with E-state index in [0.29, 0.717) is 16.9 Å². The summed E-state index contributed by atoms with van der Waals surface area (Å²) in [6.07, 6.45) is -1.72. The maximum absolute atomic E-state index is 13.3. The fourth-order valence-corrected chi connectivity index (χ4v) is 3.80.